The van der Waals surface area contributed by atoms with Gasteiger partial charge < -0.3 is 5.32 Å². The second-order valence-electron chi connectivity index (χ2n) is 4.79. The number of benzene rings is 1. The van der Waals surface area contributed by atoms with Crippen molar-refractivity contribution in [3.63, 3.8) is 0 Å². The molecule has 0 fully saturated rings. The smallest absolute Gasteiger partial charge is 0.126 e. The molecule has 2 rings (SSSR count). The highest BCUT2D eigenvalue weighted by molar-refractivity contribution is 5.31. The second kappa shape index (κ2) is 4.31. The second-order valence-corrected chi connectivity index (χ2v) is 4.79. The van der Waals surface area contributed by atoms with E-state index in [1.807, 2.05) is 6.07 Å². The molecule has 1 aromatic carbocycles. The van der Waals surface area contributed by atoms with Gasteiger partial charge in [-0.15, -0.1) is 0 Å². The van der Waals surface area contributed by atoms with Gasteiger partial charge in [-0.05, 0) is 36.0 Å². The average Bonchev–Trinajstić information content (AvgIpc) is 2.18. The normalized spacial score (nSPS) is 20.4. The van der Waals surface area contributed by atoms with E-state index in [-0.39, 0.29) is 5.82 Å². The number of rotatable bonds is 2. The molecule has 0 aromatic heterocycles. The van der Waals surface area contributed by atoms with E-state index in [9.17, 15) is 4.39 Å². The molecular weight excluding hydrogens is 189 g/mol. The molecule has 1 aromatic rings. The molecule has 1 aliphatic rings. The Morgan fingerprint density at radius 3 is 3.00 bits per heavy atom. The summed E-state index contributed by atoms with van der Waals surface area (Å²) in [5.41, 5.74) is 2.04. The van der Waals surface area contributed by atoms with Gasteiger partial charge in [-0.1, -0.05) is 26.0 Å². The molecule has 0 saturated carbocycles. The quantitative estimate of drug-likeness (QED) is 0.786. The molecule has 0 radical (unpaired) electrons. The summed E-state index contributed by atoms with van der Waals surface area (Å²) in [5.74, 6) is 0.624. The Morgan fingerprint density at radius 1 is 1.47 bits per heavy atom. The largest absolute Gasteiger partial charge is 0.310 e. The summed E-state index contributed by atoms with van der Waals surface area (Å²) in [5, 5.41) is 3.47. The highest BCUT2D eigenvalue weighted by atomic mass is 19.1. The van der Waals surface area contributed by atoms with Crippen LogP contribution in [0.2, 0.25) is 0 Å². The number of fused-ring (bicyclic) bond motifs is 1. The van der Waals surface area contributed by atoms with Crippen LogP contribution in [0.4, 0.5) is 4.39 Å². The van der Waals surface area contributed by atoms with Gasteiger partial charge in [-0.25, -0.2) is 4.39 Å². The van der Waals surface area contributed by atoms with Crippen molar-refractivity contribution < 1.29 is 4.39 Å². The lowest BCUT2D eigenvalue weighted by molar-refractivity contribution is 0.390. The van der Waals surface area contributed by atoms with E-state index in [1.54, 1.807) is 12.1 Å². The van der Waals surface area contributed by atoms with Crippen LogP contribution in [-0.2, 0) is 13.0 Å². The van der Waals surface area contributed by atoms with Gasteiger partial charge in [0.15, 0.2) is 0 Å². The Bertz CT molecular complexity index is 346. The zero-order valence-corrected chi connectivity index (χ0v) is 9.39. The Labute approximate surface area is 90.7 Å². The van der Waals surface area contributed by atoms with Crippen molar-refractivity contribution in [2.45, 2.75) is 39.3 Å². The molecule has 1 atom stereocenters. The van der Waals surface area contributed by atoms with Crippen molar-refractivity contribution in [1.82, 2.24) is 5.32 Å². The maximum Gasteiger partial charge on any atom is 0.126 e. The van der Waals surface area contributed by atoms with Crippen molar-refractivity contribution in [2.24, 2.45) is 5.92 Å². The molecule has 0 bridgehead atoms. The lowest BCUT2D eigenvalue weighted by Crippen LogP contribution is -2.36. The van der Waals surface area contributed by atoms with Crippen molar-refractivity contribution in [1.29, 1.82) is 0 Å². The summed E-state index contributed by atoms with van der Waals surface area (Å²) in [6.07, 6.45) is 1.95. The van der Waals surface area contributed by atoms with Crippen LogP contribution in [0.1, 0.15) is 31.4 Å². The number of halogens is 1. The van der Waals surface area contributed by atoms with Crippen LogP contribution < -0.4 is 5.32 Å². The predicted octanol–water partition coefficient (Wildman–Crippen LogP) is 2.89. The molecule has 1 unspecified atom stereocenters. The highest BCUT2D eigenvalue weighted by Crippen LogP contribution is 2.22. The molecule has 15 heavy (non-hydrogen) atoms. The summed E-state index contributed by atoms with van der Waals surface area (Å²) in [7, 11) is 0. The summed E-state index contributed by atoms with van der Waals surface area (Å²) in [6.45, 7) is 5.22. The van der Waals surface area contributed by atoms with Crippen LogP contribution in [-0.4, -0.2) is 6.04 Å². The van der Waals surface area contributed by atoms with Crippen molar-refractivity contribution in [3.05, 3.63) is 35.1 Å². The SMILES string of the molecule is CC(C)CC1Cc2c(F)cccc2CN1. The molecule has 0 amide bonds. The van der Waals surface area contributed by atoms with E-state index in [1.165, 1.54) is 0 Å². The fourth-order valence-electron chi connectivity index (χ4n) is 2.31. The molecular formula is C13H18FN. The summed E-state index contributed by atoms with van der Waals surface area (Å²) in [4.78, 5) is 0. The van der Waals surface area contributed by atoms with Gasteiger partial charge >= 0.3 is 0 Å². The van der Waals surface area contributed by atoms with Crippen LogP contribution in [0.3, 0.4) is 0 Å². The molecule has 1 heterocycles. The van der Waals surface area contributed by atoms with Crippen LogP contribution in [0.5, 0.6) is 0 Å². The van der Waals surface area contributed by atoms with E-state index >= 15 is 0 Å². The van der Waals surface area contributed by atoms with Gasteiger partial charge in [0.05, 0.1) is 0 Å². The van der Waals surface area contributed by atoms with Gasteiger partial charge in [-0.3, -0.25) is 0 Å². The Hall–Kier alpha value is -0.890. The van der Waals surface area contributed by atoms with Gasteiger partial charge in [0, 0.05) is 12.6 Å². The Kier molecular flexibility index (Phi) is 3.06. The molecule has 82 valence electrons. The first kappa shape index (κ1) is 10.6. The number of hydrogen-bond donors (Lipinski definition) is 1. The fraction of sp³-hybridized carbons (Fsp3) is 0.538. The van der Waals surface area contributed by atoms with E-state index in [0.29, 0.717) is 12.0 Å². The van der Waals surface area contributed by atoms with Gasteiger partial charge in [0.25, 0.3) is 0 Å². The zero-order valence-electron chi connectivity index (χ0n) is 9.39. The molecule has 1 nitrogen and oxygen atoms in total. The maximum absolute atomic E-state index is 13.6. The minimum Gasteiger partial charge on any atom is -0.310 e. The maximum atomic E-state index is 13.6. The lowest BCUT2D eigenvalue weighted by atomic mass is 9.91. The topological polar surface area (TPSA) is 12.0 Å². The van der Waals surface area contributed by atoms with Crippen LogP contribution in [0.15, 0.2) is 18.2 Å². The third kappa shape index (κ3) is 2.37. The third-order valence-corrected chi connectivity index (χ3v) is 3.00. The molecule has 0 aliphatic carbocycles. The van der Waals surface area contributed by atoms with Crippen molar-refractivity contribution in [3.8, 4) is 0 Å². The Balaban J connectivity index is 2.15. The minimum atomic E-state index is -0.0391. The van der Waals surface area contributed by atoms with Crippen LogP contribution in [0.25, 0.3) is 0 Å². The standard InChI is InChI=1S/C13H18FN/c1-9(2)6-11-7-12-10(8-15-11)4-3-5-13(12)14/h3-5,9,11,15H,6-8H2,1-2H3. The van der Waals surface area contributed by atoms with Crippen LogP contribution >= 0.6 is 0 Å². The predicted molar refractivity (Wildman–Crippen MR) is 60.2 cm³/mol. The first-order chi connectivity index (χ1) is 7.16. The Morgan fingerprint density at radius 2 is 2.27 bits per heavy atom. The van der Waals surface area contributed by atoms with E-state index in [4.69, 9.17) is 0 Å². The van der Waals surface area contributed by atoms with Gasteiger partial charge in [0.2, 0.25) is 0 Å². The van der Waals surface area contributed by atoms with Crippen molar-refractivity contribution >= 4 is 0 Å². The highest BCUT2D eigenvalue weighted by Gasteiger charge is 2.20. The van der Waals surface area contributed by atoms with E-state index in [2.05, 4.69) is 19.2 Å². The van der Waals surface area contributed by atoms with Gasteiger partial charge in [0.1, 0.15) is 5.82 Å². The molecule has 2 heteroatoms. The summed E-state index contributed by atoms with van der Waals surface area (Å²) >= 11 is 0. The first-order valence-corrected chi connectivity index (χ1v) is 5.66. The lowest BCUT2D eigenvalue weighted by Gasteiger charge is -2.27. The molecule has 1 aliphatic heterocycles. The van der Waals surface area contributed by atoms with E-state index < -0.39 is 0 Å². The van der Waals surface area contributed by atoms with E-state index in [0.717, 1.165) is 30.5 Å². The monoisotopic (exact) mass is 207 g/mol. The van der Waals surface area contributed by atoms with Crippen molar-refractivity contribution in [2.75, 3.05) is 0 Å². The fourth-order valence-corrected chi connectivity index (χ4v) is 2.31. The molecule has 1 N–H and O–H groups in total. The molecule has 0 saturated heterocycles. The third-order valence-electron chi connectivity index (χ3n) is 3.00. The summed E-state index contributed by atoms with van der Waals surface area (Å²) < 4.78 is 13.6. The average molecular weight is 207 g/mol. The minimum absolute atomic E-state index is 0.0391. The van der Waals surface area contributed by atoms with Crippen LogP contribution in [0, 0.1) is 11.7 Å². The molecule has 0 spiro atoms. The zero-order chi connectivity index (χ0) is 10.8. The number of nitrogens with one attached hydrogen (secondary N) is 1. The summed E-state index contributed by atoms with van der Waals surface area (Å²) in [6, 6.07) is 5.81. The number of hydrogen-bond acceptors (Lipinski definition) is 1. The first-order valence-electron chi connectivity index (χ1n) is 5.66. The van der Waals surface area contributed by atoms with Gasteiger partial charge in [-0.2, -0.15) is 0 Å².